The average molecular weight is 647 g/mol. The summed E-state index contributed by atoms with van der Waals surface area (Å²) >= 11 is 0. The molecule has 0 saturated heterocycles. The van der Waals surface area contributed by atoms with Gasteiger partial charge in [-0.15, -0.1) is 0 Å². The van der Waals surface area contributed by atoms with E-state index in [0.717, 1.165) is 0 Å². The highest BCUT2D eigenvalue weighted by Crippen LogP contribution is 2.57. The van der Waals surface area contributed by atoms with Crippen LogP contribution in [0.25, 0.3) is 98.0 Å². The molecule has 51 heavy (non-hydrogen) atoms. The second kappa shape index (κ2) is 10.4. The molecule has 0 amide bonds. The van der Waals surface area contributed by atoms with Gasteiger partial charge in [0.05, 0.1) is 0 Å². The molecular formula is C51H34. The van der Waals surface area contributed by atoms with Crippen molar-refractivity contribution >= 4 is 64.6 Å². The number of benzene rings is 10. The SMILES string of the molecule is CC1(C)c2cc(-c3cc4ccccc4c4ccccc34)c3ccccc3c2-c2c1cc(-c1cc3ccccc3c3ccccc13)c1ccccc21. The van der Waals surface area contributed by atoms with Gasteiger partial charge >= 0.3 is 0 Å². The zero-order valence-corrected chi connectivity index (χ0v) is 28.7. The lowest BCUT2D eigenvalue weighted by molar-refractivity contribution is 0.661. The van der Waals surface area contributed by atoms with Crippen LogP contribution < -0.4 is 0 Å². The number of rotatable bonds is 2. The molecule has 1 aliphatic carbocycles. The van der Waals surface area contributed by atoms with E-state index in [4.69, 9.17) is 0 Å². The van der Waals surface area contributed by atoms with Gasteiger partial charge in [0.15, 0.2) is 0 Å². The molecule has 0 spiro atoms. The molecule has 10 aromatic carbocycles. The molecule has 0 nitrogen and oxygen atoms in total. The zero-order chi connectivity index (χ0) is 33.8. The molecule has 0 saturated carbocycles. The monoisotopic (exact) mass is 646 g/mol. The van der Waals surface area contributed by atoms with E-state index in [-0.39, 0.29) is 5.41 Å². The van der Waals surface area contributed by atoms with Crippen LogP contribution in [0.3, 0.4) is 0 Å². The molecule has 238 valence electrons. The summed E-state index contributed by atoms with van der Waals surface area (Å²) in [6.07, 6.45) is 0. The van der Waals surface area contributed by atoms with Gasteiger partial charge in [-0.05, 0) is 133 Å². The summed E-state index contributed by atoms with van der Waals surface area (Å²) in [5.41, 5.74) is 10.5. The smallest absolute Gasteiger partial charge is 0.0159 e. The highest BCUT2D eigenvalue weighted by molar-refractivity contribution is 6.22. The van der Waals surface area contributed by atoms with Crippen LogP contribution >= 0.6 is 0 Å². The van der Waals surface area contributed by atoms with Gasteiger partial charge in [-0.25, -0.2) is 0 Å². The second-order valence-electron chi connectivity index (χ2n) is 14.8. The quantitative estimate of drug-likeness (QED) is 0.164. The van der Waals surface area contributed by atoms with Gasteiger partial charge in [0, 0.05) is 5.41 Å². The minimum absolute atomic E-state index is 0.221. The van der Waals surface area contributed by atoms with Crippen molar-refractivity contribution in [2.45, 2.75) is 19.3 Å². The van der Waals surface area contributed by atoms with Crippen LogP contribution in [0.2, 0.25) is 0 Å². The first-order chi connectivity index (χ1) is 25.1. The number of hydrogen-bond donors (Lipinski definition) is 0. The van der Waals surface area contributed by atoms with Crippen LogP contribution in [-0.4, -0.2) is 0 Å². The molecule has 0 aliphatic heterocycles. The predicted octanol–water partition coefficient (Wildman–Crippen LogP) is 14.2. The first-order valence-electron chi connectivity index (χ1n) is 18.0. The Hall–Kier alpha value is -6.24. The molecule has 0 unspecified atom stereocenters. The summed E-state index contributed by atoms with van der Waals surface area (Å²) in [5, 5.41) is 15.6. The van der Waals surface area contributed by atoms with Crippen molar-refractivity contribution in [3.05, 3.63) is 181 Å². The minimum atomic E-state index is -0.221. The van der Waals surface area contributed by atoms with Crippen molar-refractivity contribution in [2.24, 2.45) is 0 Å². The van der Waals surface area contributed by atoms with E-state index in [1.807, 2.05) is 0 Å². The van der Waals surface area contributed by atoms with E-state index in [9.17, 15) is 0 Å². The summed E-state index contributed by atoms with van der Waals surface area (Å²) in [6, 6.07) is 63.6. The Morgan fingerprint density at radius 2 is 0.549 bits per heavy atom. The highest BCUT2D eigenvalue weighted by Gasteiger charge is 2.39. The Morgan fingerprint density at radius 1 is 0.275 bits per heavy atom. The fraction of sp³-hybridized carbons (Fsp3) is 0.0588. The average Bonchev–Trinajstić information content (AvgIpc) is 3.42. The first-order valence-corrected chi connectivity index (χ1v) is 18.0. The van der Waals surface area contributed by atoms with Crippen molar-refractivity contribution < 1.29 is 0 Å². The maximum atomic E-state index is 2.54. The normalized spacial score (nSPS) is 13.5. The standard InChI is InChI=1S/C51H34/c1-51(2)47-29-45(43-27-31-15-3-5-17-33(31)35-19-7-9-21-37(35)43)39-23-11-13-25-41(39)49(47)50-42-26-14-12-24-40(42)46(30-48(50)51)44-28-32-16-4-6-18-34(32)36-20-8-10-22-38(36)44/h3-30H,1-2H3. The maximum Gasteiger partial charge on any atom is 0.0159 e. The maximum absolute atomic E-state index is 2.54. The van der Waals surface area contributed by atoms with Gasteiger partial charge in [-0.3, -0.25) is 0 Å². The largest absolute Gasteiger partial charge is 0.0616 e. The molecule has 0 heterocycles. The van der Waals surface area contributed by atoms with Gasteiger partial charge in [0.2, 0.25) is 0 Å². The summed E-state index contributed by atoms with van der Waals surface area (Å²) in [6.45, 7) is 4.87. The molecule has 11 rings (SSSR count). The predicted molar refractivity (Wildman–Crippen MR) is 220 cm³/mol. The van der Waals surface area contributed by atoms with Crippen LogP contribution in [0.1, 0.15) is 25.0 Å². The van der Waals surface area contributed by atoms with E-state index in [2.05, 4.69) is 184 Å². The lowest BCUT2D eigenvalue weighted by atomic mass is 9.78. The Bertz CT molecular complexity index is 2890. The zero-order valence-electron chi connectivity index (χ0n) is 28.7. The number of fused-ring (bicyclic) bond motifs is 13. The van der Waals surface area contributed by atoms with E-state index in [0.29, 0.717) is 0 Å². The molecule has 0 N–H and O–H groups in total. The van der Waals surface area contributed by atoms with Crippen molar-refractivity contribution in [1.29, 1.82) is 0 Å². The van der Waals surface area contributed by atoms with Crippen molar-refractivity contribution in [3.8, 4) is 33.4 Å². The second-order valence-corrected chi connectivity index (χ2v) is 14.8. The topological polar surface area (TPSA) is 0 Å². The highest BCUT2D eigenvalue weighted by atomic mass is 14.4. The van der Waals surface area contributed by atoms with E-state index < -0.39 is 0 Å². The van der Waals surface area contributed by atoms with Crippen molar-refractivity contribution in [2.75, 3.05) is 0 Å². The Balaban J connectivity index is 1.25. The lowest BCUT2D eigenvalue weighted by Gasteiger charge is -2.24. The van der Waals surface area contributed by atoms with E-state index in [1.165, 1.54) is 109 Å². The minimum Gasteiger partial charge on any atom is -0.0616 e. The molecule has 0 fully saturated rings. The first kappa shape index (κ1) is 28.6. The Labute approximate surface area is 297 Å². The lowest BCUT2D eigenvalue weighted by Crippen LogP contribution is -2.15. The van der Waals surface area contributed by atoms with Gasteiger partial charge < -0.3 is 0 Å². The molecule has 10 aromatic rings. The van der Waals surface area contributed by atoms with Crippen molar-refractivity contribution in [1.82, 2.24) is 0 Å². The summed E-state index contributed by atoms with van der Waals surface area (Å²) < 4.78 is 0. The fourth-order valence-electron chi connectivity index (χ4n) is 9.42. The molecule has 0 atom stereocenters. The summed E-state index contributed by atoms with van der Waals surface area (Å²) in [5.74, 6) is 0. The summed E-state index contributed by atoms with van der Waals surface area (Å²) in [4.78, 5) is 0. The molecule has 0 radical (unpaired) electrons. The fourth-order valence-corrected chi connectivity index (χ4v) is 9.42. The van der Waals surface area contributed by atoms with Gasteiger partial charge in [0.25, 0.3) is 0 Å². The molecule has 1 aliphatic rings. The van der Waals surface area contributed by atoms with Crippen LogP contribution in [0.4, 0.5) is 0 Å². The van der Waals surface area contributed by atoms with Crippen LogP contribution in [0, 0.1) is 0 Å². The van der Waals surface area contributed by atoms with Gasteiger partial charge in [-0.2, -0.15) is 0 Å². The van der Waals surface area contributed by atoms with Crippen LogP contribution in [0.15, 0.2) is 170 Å². The Morgan fingerprint density at radius 3 is 0.941 bits per heavy atom. The van der Waals surface area contributed by atoms with Crippen LogP contribution in [-0.2, 0) is 5.41 Å². The van der Waals surface area contributed by atoms with Crippen LogP contribution in [0.5, 0.6) is 0 Å². The molecule has 0 aromatic heterocycles. The third-order valence-corrected chi connectivity index (χ3v) is 11.8. The molecule has 0 bridgehead atoms. The van der Waals surface area contributed by atoms with Gasteiger partial charge in [-0.1, -0.05) is 159 Å². The van der Waals surface area contributed by atoms with E-state index in [1.54, 1.807) is 0 Å². The Kier molecular flexibility index (Phi) is 5.82. The third-order valence-electron chi connectivity index (χ3n) is 11.8. The third kappa shape index (κ3) is 3.91. The molecular weight excluding hydrogens is 613 g/mol. The molecule has 0 heteroatoms. The van der Waals surface area contributed by atoms with Gasteiger partial charge in [0.1, 0.15) is 0 Å². The summed E-state index contributed by atoms with van der Waals surface area (Å²) in [7, 11) is 0. The van der Waals surface area contributed by atoms with Crippen molar-refractivity contribution in [3.63, 3.8) is 0 Å². The number of hydrogen-bond acceptors (Lipinski definition) is 0. The van der Waals surface area contributed by atoms with E-state index >= 15 is 0 Å².